The van der Waals surface area contributed by atoms with Gasteiger partial charge >= 0.3 is 0 Å². The molecule has 1 saturated heterocycles. The SMILES string of the molecule is CC1CCN(c2ccc([C@H](C)O)cc2[N+](=O)[O-])C1CO. The molecule has 110 valence electrons. The number of nitro benzene ring substituents is 1. The molecular formula is C14H20N2O4. The first-order valence-electron chi connectivity index (χ1n) is 6.79. The van der Waals surface area contributed by atoms with Crippen molar-refractivity contribution in [2.75, 3.05) is 18.1 Å². The number of hydrogen-bond acceptors (Lipinski definition) is 5. The van der Waals surface area contributed by atoms with Crippen molar-refractivity contribution in [2.45, 2.75) is 32.4 Å². The molecule has 1 fully saturated rings. The second kappa shape index (κ2) is 5.76. The van der Waals surface area contributed by atoms with Gasteiger partial charge in [-0.1, -0.05) is 13.0 Å². The molecule has 1 aromatic carbocycles. The first kappa shape index (κ1) is 14.7. The second-order valence-electron chi connectivity index (χ2n) is 5.39. The summed E-state index contributed by atoms with van der Waals surface area (Å²) in [5, 5.41) is 30.3. The third-order valence-corrected chi connectivity index (χ3v) is 4.06. The molecule has 0 aliphatic carbocycles. The molecule has 0 bridgehead atoms. The van der Waals surface area contributed by atoms with E-state index in [2.05, 4.69) is 0 Å². The summed E-state index contributed by atoms with van der Waals surface area (Å²) in [7, 11) is 0. The highest BCUT2D eigenvalue weighted by molar-refractivity contribution is 5.65. The fraction of sp³-hybridized carbons (Fsp3) is 0.571. The number of aliphatic hydroxyl groups is 2. The quantitative estimate of drug-likeness (QED) is 0.649. The second-order valence-corrected chi connectivity index (χ2v) is 5.39. The molecule has 2 rings (SSSR count). The summed E-state index contributed by atoms with van der Waals surface area (Å²) < 4.78 is 0. The normalized spacial score (nSPS) is 23.9. The highest BCUT2D eigenvalue weighted by atomic mass is 16.6. The van der Waals surface area contributed by atoms with E-state index in [1.807, 2.05) is 11.8 Å². The monoisotopic (exact) mass is 280 g/mol. The van der Waals surface area contributed by atoms with Crippen molar-refractivity contribution in [2.24, 2.45) is 5.92 Å². The Labute approximate surface area is 117 Å². The van der Waals surface area contributed by atoms with E-state index in [-0.39, 0.29) is 18.3 Å². The average Bonchev–Trinajstić information content (AvgIpc) is 2.78. The minimum Gasteiger partial charge on any atom is -0.394 e. The Kier molecular flexibility index (Phi) is 4.25. The lowest BCUT2D eigenvalue weighted by Crippen LogP contribution is -2.35. The average molecular weight is 280 g/mol. The molecule has 2 unspecified atom stereocenters. The summed E-state index contributed by atoms with van der Waals surface area (Å²) >= 11 is 0. The van der Waals surface area contributed by atoms with E-state index in [4.69, 9.17) is 0 Å². The molecule has 0 spiro atoms. The van der Waals surface area contributed by atoms with Gasteiger partial charge in [0.2, 0.25) is 0 Å². The van der Waals surface area contributed by atoms with Crippen LogP contribution >= 0.6 is 0 Å². The lowest BCUT2D eigenvalue weighted by atomic mass is 10.0. The number of nitrogens with zero attached hydrogens (tertiary/aromatic N) is 2. The zero-order valence-corrected chi connectivity index (χ0v) is 11.7. The van der Waals surface area contributed by atoms with Crippen LogP contribution in [0.5, 0.6) is 0 Å². The Morgan fingerprint density at radius 2 is 2.25 bits per heavy atom. The Morgan fingerprint density at radius 1 is 1.55 bits per heavy atom. The van der Waals surface area contributed by atoms with Crippen molar-refractivity contribution < 1.29 is 15.1 Å². The fourth-order valence-electron chi connectivity index (χ4n) is 2.78. The minimum absolute atomic E-state index is 0.0174. The van der Waals surface area contributed by atoms with Crippen LogP contribution in [-0.4, -0.2) is 34.3 Å². The van der Waals surface area contributed by atoms with Crippen molar-refractivity contribution in [1.29, 1.82) is 0 Å². The van der Waals surface area contributed by atoms with E-state index < -0.39 is 11.0 Å². The standard InChI is InChI=1S/C14H20N2O4/c1-9-5-6-15(14(9)8-17)12-4-3-11(10(2)18)7-13(12)16(19)20/h3-4,7,9-10,14,17-18H,5-6,8H2,1-2H3/t9?,10-,14?/m0/s1. The van der Waals surface area contributed by atoms with E-state index in [0.717, 1.165) is 6.42 Å². The van der Waals surface area contributed by atoms with Crippen LogP contribution < -0.4 is 4.90 Å². The van der Waals surface area contributed by atoms with Crippen LogP contribution in [0.3, 0.4) is 0 Å². The predicted molar refractivity (Wildman–Crippen MR) is 75.7 cm³/mol. The Morgan fingerprint density at radius 3 is 2.80 bits per heavy atom. The first-order valence-corrected chi connectivity index (χ1v) is 6.79. The summed E-state index contributed by atoms with van der Waals surface area (Å²) in [6, 6.07) is 4.69. The summed E-state index contributed by atoms with van der Waals surface area (Å²) in [5.74, 6) is 0.302. The third-order valence-electron chi connectivity index (χ3n) is 4.06. The van der Waals surface area contributed by atoms with Gasteiger partial charge in [-0.25, -0.2) is 0 Å². The zero-order valence-electron chi connectivity index (χ0n) is 11.7. The van der Waals surface area contributed by atoms with Crippen LogP contribution in [0.25, 0.3) is 0 Å². The maximum atomic E-state index is 11.3. The lowest BCUT2D eigenvalue weighted by molar-refractivity contribution is -0.384. The molecule has 0 aromatic heterocycles. The fourth-order valence-corrected chi connectivity index (χ4v) is 2.78. The molecule has 6 heteroatoms. The van der Waals surface area contributed by atoms with Gasteiger partial charge in [0.25, 0.3) is 5.69 Å². The van der Waals surface area contributed by atoms with Gasteiger partial charge in [0.05, 0.1) is 23.7 Å². The van der Waals surface area contributed by atoms with Crippen LogP contribution in [0, 0.1) is 16.0 Å². The summed E-state index contributed by atoms with van der Waals surface area (Å²) in [5.41, 5.74) is 1.02. The van der Waals surface area contributed by atoms with Gasteiger partial charge in [0.1, 0.15) is 5.69 Å². The van der Waals surface area contributed by atoms with Gasteiger partial charge in [-0.15, -0.1) is 0 Å². The molecule has 0 amide bonds. The summed E-state index contributed by atoms with van der Waals surface area (Å²) in [4.78, 5) is 12.7. The Hall–Kier alpha value is -1.66. The number of aliphatic hydroxyl groups excluding tert-OH is 2. The number of anilines is 1. The van der Waals surface area contributed by atoms with Crippen LogP contribution in [0.1, 0.15) is 31.9 Å². The molecule has 1 aliphatic heterocycles. The van der Waals surface area contributed by atoms with Crippen molar-refractivity contribution >= 4 is 11.4 Å². The number of rotatable bonds is 4. The van der Waals surface area contributed by atoms with E-state index in [1.165, 1.54) is 6.07 Å². The summed E-state index contributed by atoms with van der Waals surface area (Å²) in [6.07, 6.45) is 0.162. The van der Waals surface area contributed by atoms with Crippen molar-refractivity contribution in [3.8, 4) is 0 Å². The van der Waals surface area contributed by atoms with Crippen LogP contribution in [0.2, 0.25) is 0 Å². The smallest absolute Gasteiger partial charge is 0.292 e. The molecule has 20 heavy (non-hydrogen) atoms. The predicted octanol–water partition coefficient (Wildman–Crippen LogP) is 1.86. The topological polar surface area (TPSA) is 86.8 Å². The molecule has 2 N–H and O–H groups in total. The van der Waals surface area contributed by atoms with E-state index in [1.54, 1.807) is 19.1 Å². The highest BCUT2D eigenvalue weighted by Crippen LogP contribution is 2.37. The van der Waals surface area contributed by atoms with Crippen molar-refractivity contribution in [3.63, 3.8) is 0 Å². The van der Waals surface area contributed by atoms with Gasteiger partial charge in [0.15, 0.2) is 0 Å². The molecule has 1 aromatic rings. The van der Waals surface area contributed by atoms with Crippen molar-refractivity contribution in [1.82, 2.24) is 0 Å². The van der Waals surface area contributed by atoms with Gasteiger partial charge in [-0.3, -0.25) is 10.1 Å². The zero-order chi connectivity index (χ0) is 14.9. The summed E-state index contributed by atoms with van der Waals surface area (Å²) in [6.45, 7) is 4.29. The highest BCUT2D eigenvalue weighted by Gasteiger charge is 2.34. The number of benzene rings is 1. The van der Waals surface area contributed by atoms with Gasteiger partial charge < -0.3 is 15.1 Å². The number of hydrogen-bond donors (Lipinski definition) is 2. The van der Waals surface area contributed by atoms with Gasteiger partial charge in [0, 0.05) is 12.6 Å². The largest absolute Gasteiger partial charge is 0.394 e. The third kappa shape index (κ3) is 2.62. The molecule has 3 atom stereocenters. The van der Waals surface area contributed by atoms with E-state index in [9.17, 15) is 20.3 Å². The lowest BCUT2D eigenvalue weighted by Gasteiger charge is -2.27. The van der Waals surface area contributed by atoms with Crippen LogP contribution in [0.4, 0.5) is 11.4 Å². The van der Waals surface area contributed by atoms with Gasteiger partial charge in [-0.2, -0.15) is 0 Å². The van der Waals surface area contributed by atoms with Crippen molar-refractivity contribution in [3.05, 3.63) is 33.9 Å². The molecule has 0 saturated carbocycles. The van der Waals surface area contributed by atoms with E-state index >= 15 is 0 Å². The van der Waals surface area contributed by atoms with Crippen LogP contribution in [0.15, 0.2) is 18.2 Å². The minimum atomic E-state index is -0.742. The van der Waals surface area contributed by atoms with E-state index in [0.29, 0.717) is 23.7 Å². The van der Waals surface area contributed by atoms with Gasteiger partial charge in [-0.05, 0) is 30.9 Å². The molecular weight excluding hydrogens is 260 g/mol. The molecule has 0 radical (unpaired) electrons. The first-order chi connectivity index (χ1) is 9.45. The molecule has 1 aliphatic rings. The maximum Gasteiger partial charge on any atom is 0.292 e. The van der Waals surface area contributed by atoms with Crippen LogP contribution in [-0.2, 0) is 0 Å². The Balaban J connectivity index is 2.43. The maximum absolute atomic E-state index is 11.3. The molecule has 6 nitrogen and oxygen atoms in total. The Bertz CT molecular complexity index is 504. The molecule has 1 heterocycles. The number of nitro groups is 1.